The number of carbonyl (C=O) groups excluding carboxylic acids is 2. The first-order valence-corrected chi connectivity index (χ1v) is 5.18. The summed E-state index contributed by atoms with van der Waals surface area (Å²) in [6.45, 7) is 5.48. The zero-order chi connectivity index (χ0) is 11.5. The Kier molecular flexibility index (Phi) is 3.68. The predicted octanol–water partition coefficient (Wildman–Crippen LogP) is -0.906. The van der Waals surface area contributed by atoms with Gasteiger partial charge in [-0.1, -0.05) is 0 Å². The lowest BCUT2D eigenvalue weighted by atomic mass is 9.91. The maximum absolute atomic E-state index is 11.5. The number of amides is 2. The fourth-order valence-electron chi connectivity index (χ4n) is 1.35. The van der Waals surface area contributed by atoms with E-state index in [-0.39, 0.29) is 17.7 Å². The topological polar surface area (TPSA) is 70.2 Å². The second kappa shape index (κ2) is 4.61. The molecule has 2 amide bonds. The number of nitrogens with one attached hydrogen (secondary N) is 3. The van der Waals surface area contributed by atoms with Gasteiger partial charge in [0.25, 0.3) is 0 Å². The van der Waals surface area contributed by atoms with Crippen LogP contribution in [-0.2, 0) is 9.59 Å². The Hall–Kier alpha value is -1.10. The molecule has 1 heterocycles. The Morgan fingerprint density at radius 3 is 2.40 bits per heavy atom. The van der Waals surface area contributed by atoms with Crippen molar-refractivity contribution in [2.75, 3.05) is 26.7 Å². The molecule has 0 aromatic carbocycles. The monoisotopic (exact) mass is 213 g/mol. The first-order valence-electron chi connectivity index (χ1n) is 5.18. The Balaban J connectivity index is 2.34. The van der Waals surface area contributed by atoms with Crippen LogP contribution in [0.5, 0.6) is 0 Å². The Labute approximate surface area is 90.0 Å². The first-order chi connectivity index (χ1) is 6.97. The van der Waals surface area contributed by atoms with Gasteiger partial charge in [-0.05, 0) is 13.8 Å². The van der Waals surface area contributed by atoms with Crippen LogP contribution in [0.2, 0.25) is 0 Å². The van der Waals surface area contributed by atoms with Crippen LogP contribution < -0.4 is 16.0 Å². The summed E-state index contributed by atoms with van der Waals surface area (Å²) in [6.07, 6.45) is 0. The molecule has 0 bridgehead atoms. The Morgan fingerprint density at radius 2 is 2.00 bits per heavy atom. The van der Waals surface area contributed by atoms with Crippen LogP contribution >= 0.6 is 0 Å². The van der Waals surface area contributed by atoms with Gasteiger partial charge in [0.2, 0.25) is 11.8 Å². The van der Waals surface area contributed by atoms with Crippen molar-refractivity contribution < 1.29 is 9.59 Å². The summed E-state index contributed by atoms with van der Waals surface area (Å²) in [5, 5.41) is 8.42. The highest BCUT2D eigenvalue weighted by molar-refractivity contribution is 5.84. The highest BCUT2D eigenvalue weighted by Gasteiger charge is 2.30. The summed E-state index contributed by atoms with van der Waals surface area (Å²) >= 11 is 0. The molecule has 1 aliphatic rings. The number of hydrogen-bond donors (Lipinski definition) is 3. The average Bonchev–Trinajstić information content (AvgIpc) is 2.11. The minimum absolute atomic E-state index is 0.0331. The van der Waals surface area contributed by atoms with E-state index < -0.39 is 5.41 Å². The van der Waals surface area contributed by atoms with Crippen molar-refractivity contribution in [1.82, 2.24) is 16.0 Å². The van der Waals surface area contributed by atoms with E-state index in [0.29, 0.717) is 6.54 Å². The third kappa shape index (κ3) is 2.92. The van der Waals surface area contributed by atoms with Crippen LogP contribution in [-0.4, -0.2) is 38.5 Å². The zero-order valence-corrected chi connectivity index (χ0v) is 9.52. The molecule has 1 rings (SSSR count). The van der Waals surface area contributed by atoms with E-state index in [2.05, 4.69) is 16.0 Å². The van der Waals surface area contributed by atoms with Crippen molar-refractivity contribution >= 4 is 11.8 Å². The summed E-state index contributed by atoms with van der Waals surface area (Å²) in [5.74, 6) is 0.0470. The van der Waals surface area contributed by atoms with Crippen molar-refractivity contribution in [3.05, 3.63) is 0 Å². The van der Waals surface area contributed by atoms with E-state index in [4.69, 9.17) is 0 Å². The van der Waals surface area contributed by atoms with Gasteiger partial charge >= 0.3 is 0 Å². The quantitative estimate of drug-likeness (QED) is 0.566. The SMILES string of the molecule is CNC(=O)C(C)(C)CNC(=O)C1CNC1. The molecule has 0 aliphatic carbocycles. The zero-order valence-electron chi connectivity index (χ0n) is 9.52. The highest BCUT2D eigenvalue weighted by Crippen LogP contribution is 2.13. The van der Waals surface area contributed by atoms with Crippen molar-refractivity contribution in [3.63, 3.8) is 0 Å². The molecule has 0 unspecified atom stereocenters. The van der Waals surface area contributed by atoms with Crippen molar-refractivity contribution in [2.24, 2.45) is 11.3 Å². The molecule has 0 aromatic heterocycles. The molecule has 0 spiro atoms. The van der Waals surface area contributed by atoms with Crippen LogP contribution in [0.25, 0.3) is 0 Å². The van der Waals surface area contributed by atoms with Gasteiger partial charge in [0.1, 0.15) is 0 Å². The van der Waals surface area contributed by atoms with E-state index in [1.54, 1.807) is 7.05 Å². The van der Waals surface area contributed by atoms with Gasteiger partial charge in [-0.15, -0.1) is 0 Å². The molecule has 1 saturated heterocycles. The Bertz CT molecular complexity index is 259. The third-order valence-corrected chi connectivity index (χ3v) is 2.70. The standard InChI is InChI=1S/C10H19N3O2/c1-10(2,9(15)11-3)6-13-8(14)7-4-12-5-7/h7,12H,4-6H2,1-3H3,(H,11,15)(H,13,14). The summed E-state index contributed by atoms with van der Waals surface area (Å²) in [6, 6.07) is 0. The average molecular weight is 213 g/mol. The fraction of sp³-hybridized carbons (Fsp3) is 0.800. The lowest BCUT2D eigenvalue weighted by Gasteiger charge is -2.28. The van der Waals surface area contributed by atoms with Crippen LogP contribution in [0.1, 0.15) is 13.8 Å². The van der Waals surface area contributed by atoms with E-state index >= 15 is 0 Å². The molecule has 0 atom stereocenters. The van der Waals surface area contributed by atoms with Gasteiger partial charge in [-0.3, -0.25) is 9.59 Å². The number of hydrogen-bond acceptors (Lipinski definition) is 3. The summed E-state index contributed by atoms with van der Waals surface area (Å²) < 4.78 is 0. The van der Waals surface area contributed by atoms with Gasteiger partial charge in [0, 0.05) is 26.7 Å². The van der Waals surface area contributed by atoms with Crippen LogP contribution in [0.15, 0.2) is 0 Å². The molecule has 5 heteroatoms. The molecule has 15 heavy (non-hydrogen) atoms. The van der Waals surface area contributed by atoms with Crippen LogP contribution in [0.4, 0.5) is 0 Å². The molecular formula is C10H19N3O2. The molecule has 0 aromatic rings. The van der Waals surface area contributed by atoms with E-state index in [0.717, 1.165) is 13.1 Å². The highest BCUT2D eigenvalue weighted by atomic mass is 16.2. The smallest absolute Gasteiger partial charge is 0.227 e. The molecule has 0 saturated carbocycles. The maximum atomic E-state index is 11.5. The van der Waals surface area contributed by atoms with E-state index in [9.17, 15) is 9.59 Å². The summed E-state index contributed by atoms with van der Waals surface area (Å²) in [4.78, 5) is 22.9. The molecule has 1 fully saturated rings. The third-order valence-electron chi connectivity index (χ3n) is 2.70. The van der Waals surface area contributed by atoms with Crippen molar-refractivity contribution in [1.29, 1.82) is 0 Å². The Morgan fingerprint density at radius 1 is 1.40 bits per heavy atom. The number of carbonyl (C=O) groups is 2. The second-order valence-electron chi connectivity index (χ2n) is 4.54. The molecule has 3 N–H and O–H groups in total. The lowest BCUT2D eigenvalue weighted by Crippen LogP contribution is -2.53. The second-order valence-corrected chi connectivity index (χ2v) is 4.54. The van der Waals surface area contributed by atoms with Gasteiger partial charge in [0.15, 0.2) is 0 Å². The van der Waals surface area contributed by atoms with E-state index in [1.807, 2.05) is 13.8 Å². The minimum Gasteiger partial charge on any atom is -0.359 e. The normalized spacial score (nSPS) is 16.7. The molecule has 0 radical (unpaired) electrons. The largest absolute Gasteiger partial charge is 0.359 e. The fourth-order valence-corrected chi connectivity index (χ4v) is 1.35. The molecule has 1 aliphatic heterocycles. The molecular weight excluding hydrogens is 194 g/mol. The minimum atomic E-state index is -0.554. The molecule has 5 nitrogen and oxygen atoms in total. The van der Waals surface area contributed by atoms with Gasteiger partial charge in [0.05, 0.1) is 11.3 Å². The van der Waals surface area contributed by atoms with Crippen molar-refractivity contribution in [3.8, 4) is 0 Å². The van der Waals surface area contributed by atoms with Crippen molar-refractivity contribution in [2.45, 2.75) is 13.8 Å². The van der Waals surface area contributed by atoms with Crippen LogP contribution in [0.3, 0.4) is 0 Å². The summed E-state index contributed by atoms with van der Waals surface area (Å²) in [7, 11) is 1.60. The van der Waals surface area contributed by atoms with Gasteiger partial charge < -0.3 is 16.0 Å². The number of rotatable bonds is 4. The van der Waals surface area contributed by atoms with Gasteiger partial charge in [-0.2, -0.15) is 0 Å². The molecule has 86 valence electrons. The van der Waals surface area contributed by atoms with Crippen LogP contribution in [0, 0.1) is 11.3 Å². The predicted molar refractivity (Wildman–Crippen MR) is 57.2 cm³/mol. The van der Waals surface area contributed by atoms with Gasteiger partial charge in [-0.25, -0.2) is 0 Å². The first kappa shape index (κ1) is 12.0. The maximum Gasteiger partial charge on any atom is 0.227 e. The lowest BCUT2D eigenvalue weighted by molar-refractivity contribution is -0.130. The summed E-state index contributed by atoms with van der Waals surface area (Å²) in [5.41, 5.74) is -0.554. The van der Waals surface area contributed by atoms with E-state index in [1.165, 1.54) is 0 Å².